The predicted molar refractivity (Wildman–Crippen MR) is 63.2 cm³/mol. The molecule has 0 unspecified atom stereocenters. The van der Waals surface area contributed by atoms with Gasteiger partial charge in [-0.05, 0) is 42.8 Å². The summed E-state index contributed by atoms with van der Waals surface area (Å²) in [7, 11) is 0. The first-order chi connectivity index (χ1) is 8.09. The number of nitrogens with two attached hydrogens (primary N) is 1. The van der Waals surface area contributed by atoms with E-state index in [-0.39, 0.29) is 17.4 Å². The Labute approximate surface area is 98.1 Å². The number of carbonyl (C=O) groups is 1. The molecule has 3 nitrogen and oxygen atoms in total. The molecule has 0 amide bonds. The van der Waals surface area contributed by atoms with Gasteiger partial charge in [0.05, 0.1) is 5.56 Å². The van der Waals surface area contributed by atoms with E-state index in [4.69, 9.17) is 5.73 Å². The van der Waals surface area contributed by atoms with Gasteiger partial charge in [-0.25, -0.2) is 9.37 Å². The molecule has 17 heavy (non-hydrogen) atoms. The number of hydrogen-bond acceptors (Lipinski definition) is 3. The van der Waals surface area contributed by atoms with E-state index in [1.54, 1.807) is 19.1 Å². The number of rotatable bonds is 2. The molecule has 0 atom stereocenters. The maximum atomic E-state index is 12.9. The van der Waals surface area contributed by atoms with Crippen LogP contribution in [0.5, 0.6) is 0 Å². The second-order valence-electron chi connectivity index (χ2n) is 3.72. The Morgan fingerprint density at radius 1 is 1.29 bits per heavy atom. The lowest BCUT2D eigenvalue weighted by Crippen LogP contribution is -2.08. The summed E-state index contributed by atoms with van der Waals surface area (Å²) >= 11 is 0. The van der Waals surface area contributed by atoms with Gasteiger partial charge in [0.1, 0.15) is 11.6 Å². The summed E-state index contributed by atoms with van der Waals surface area (Å²) < 4.78 is 12.9. The summed E-state index contributed by atoms with van der Waals surface area (Å²) in [5.74, 6) is -0.424. The summed E-state index contributed by atoms with van der Waals surface area (Å²) in [5, 5.41) is 0. The van der Waals surface area contributed by atoms with Crippen LogP contribution in [0.25, 0.3) is 0 Å². The van der Waals surface area contributed by atoms with Crippen LogP contribution < -0.4 is 5.73 Å². The number of aryl methyl sites for hydroxylation is 1. The lowest BCUT2D eigenvalue weighted by Gasteiger charge is -2.06. The quantitative estimate of drug-likeness (QED) is 0.805. The van der Waals surface area contributed by atoms with Crippen molar-refractivity contribution >= 4 is 11.6 Å². The minimum atomic E-state index is -0.363. The SMILES string of the molecule is Cc1cc(F)ccc1C(=O)c1cccnc1N. The van der Waals surface area contributed by atoms with Crippen molar-refractivity contribution in [2.75, 3.05) is 5.73 Å². The molecule has 1 heterocycles. The highest BCUT2D eigenvalue weighted by Gasteiger charge is 2.14. The average molecular weight is 230 g/mol. The third-order valence-corrected chi connectivity index (χ3v) is 2.52. The molecule has 1 aromatic heterocycles. The molecule has 86 valence electrons. The van der Waals surface area contributed by atoms with Gasteiger partial charge in [-0.15, -0.1) is 0 Å². The smallest absolute Gasteiger partial charge is 0.196 e. The molecule has 2 rings (SSSR count). The lowest BCUT2D eigenvalue weighted by atomic mass is 9.99. The Kier molecular flexibility index (Phi) is 2.87. The summed E-state index contributed by atoms with van der Waals surface area (Å²) in [6, 6.07) is 7.28. The fourth-order valence-corrected chi connectivity index (χ4v) is 1.64. The Morgan fingerprint density at radius 3 is 2.71 bits per heavy atom. The third-order valence-electron chi connectivity index (χ3n) is 2.52. The van der Waals surface area contributed by atoms with Crippen LogP contribution in [-0.4, -0.2) is 10.8 Å². The molecule has 0 fully saturated rings. The van der Waals surface area contributed by atoms with Crippen LogP contribution in [0.2, 0.25) is 0 Å². The molecule has 2 N–H and O–H groups in total. The van der Waals surface area contributed by atoms with Crippen LogP contribution in [0.15, 0.2) is 36.5 Å². The standard InChI is InChI=1S/C13H11FN2O/c1-8-7-9(14)4-5-10(8)12(17)11-3-2-6-16-13(11)15/h2-7H,1H3,(H2,15,16). The molecular formula is C13H11FN2O. The van der Waals surface area contributed by atoms with Crippen molar-refractivity contribution in [3.05, 3.63) is 59.0 Å². The normalized spacial score (nSPS) is 10.2. The van der Waals surface area contributed by atoms with Crippen molar-refractivity contribution in [1.29, 1.82) is 0 Å². The number of hydrogen-bond donors (Lipinski definition) is 1. The van der Waals surface area contributed by atoms with E-state index in [9.17, 15) is 9.18 Å². The third kappa shape index (κ3) is 2.15. The van der Waals surface area contributed by atoms with E-state index in [0.29, 0.717) is 16.7 Å². The van der Waals surface area contributed by atoms with Crippen LogP contribution >= 0.6 is 0 Å². The minimum absolute atomic E-state index is 0.182. The van der Waals surface area contributed by atoms with Crippen molar-refractivity contribution < 1.29 is 9.18 Å². The number of pyridine rings is 1. The maximum absolute atomic E-state index is 12.9. The maximum Gasteiger partial charge on any atom is 0.196 e. The summed E-state index contributed by atoms with van der Waals surface area (Å²) in [5.41, 5.74) is 6.99. The number of carbonyl (C=O) groups excluding carboxylic acids is 1. The zero-order valence-corrected chi connectivity index (χ0v) is 9.27. The van der Waals surface area contributed by atoms with Gasteiger partial charge >= 0.3 is 0 Å². The lowest BCUT2D eigenvalue weighted by molar-refractivity contribution is 0.103. The molecule has 0 saturated carbocycles. The number of halogens is 1. The van der Waals surface area contributed by atoms with Crippen LogP contribution in [0.4, 0.5) is 10.2 Å². The van der Waals surface area contributed by atoms with Crippen LogP contribution in [-0.2, 0) is 0 Å². The van der Waals surface area contributed by atoms with E-state index < -0.39 is 0 Å². The predicted octanol–water partition coefficient (Wildman–Crippen LogP) is 2.34. The Bertz CT molecular complexity index is 581. The second-order valence-corrected chi connectivity index (χ2v) is 3.72. The van der Waals surface area contributed by atoms with Crippen molar-refractivity contribution in [3.8, 4) is 0 Å². The minimum Gasteiger partial charge on any atom is -0.383 e. The van der Waals surface area contributed by atoms with Crippen LogP contribution in [0.3, 0.4) is 0 Å². The molecule has 2 aromatic rings. The highest BCUT2D eigenvalue weighted by Crippen LogP contribution is 2.17. The fourth-order valence-electron chi connectivity index (χ4n) is 1.64. The summed E-state index contributed by atoms with van der Waals surface area (Å²) in [6.45, 7) is 1.68. The molecular weight excluding hydrogens is 219 g/mol. The van der Waals surface area contributed by atoms with Crippen molar-refractivity contribution in [2.45, 2.75) is 6.92 Å². The molecule has 0 radical (unpaired) electrons. The van der Waals surface area contributed by atoms with Gasteiger partial charge in [-0.2, -0.15) is 0 Å². The van der Waals surface area contributed by atoms with Gasteiger partial charge in [0.2, 0.25) is 0 Å². The van der Waals surface area contributed by atoms with E-state index in [0.717, 1.165) is 0 Å². The van der Waals surface area contributed by atoms with Gasteiger partial charge in [-0.1, -0.05) is 0 Å². The Hall–Kier alpha value is -2.23. The van der Waals surface area contributed by atoms with Crippen LogP contribution in [0.1, 0.15) is 21.5 Å². The van der Waals surface area contributed by atoms with Crippen molar-refractivity contribution in [1.82, 2.24) is 4.98 Å². The van der Waals surface area contributed by atoms with E-state index >= 15 is 0 Å². The molecule has 1 aromatic carbocycles. The van der Waals surface area contributed by atoms with Gasteiger partial charge < -0.3 is 5.73 Å². The molecule has 0 spiro atoms. The molecule has 0 aliphatic heterocycles. The first kappa shape index (κ1) is 11.3. The number of anilines is 1. The summed E-state index contributed by atoms with van der Waals surface area (Å²) in [6.07, 6.45) is 1.52. The molecule has 0 bridgehead atoms. The summed E-state index contributed by atoms with van der Waals surface area (Å²) in [4.78, 5) is 16.0. The van der Waals surface area contributed by atoms with Gasteiger partial charge in [0.25, 0.3) is 0 Å². The Balaban J connectivity index is 2.48. The van der Waals surface area contributed by atoms with Gasteiger partial charge in [0, 0.05) is 11.8 Å². The van der Waals surface area contributed by atoms with Crippen molar-refractivity contribution in [3.63, 3.8) is 0 Å². The zero-order chi connectivity index (χ0) is 12.4. The number of aromatic nitrogens is 1. The average Bonchev–Trinajstić information content (AvgIpc) is 2.29. The second kappa shape index (κ2) is 4.33. The monoisotopic (exact) mass is 230 g/mol. The highest BCUT2D eigenvalue weighted by atomic mass is 19.1. The Morgan fingerprint density at radius 2 is 2.06 bits per heavy atom. The number of nitrogens with zero attached hydrogens (tertiary/aromatic N) is 1. The first-order valence-corrected chi connectivity index (χ1v) is 5.11. The molecule has 0 saturated heterocycles. The highest BCUT2D eigenvalue weighted by molar-refractivity contribution is 6.12. The first-order valence-electron chi connectivity index (χ1n) is 5.11. The van der Waals surface area contributed by atoms with Crippen LogP contribution in [0, 0.1) is 12.7 Å². The van der Waals surface area contributed by atoms with E-state index in [2.05, 4.69) is 4.98 Å². The van der Waals surface area contributed by atoms with E-state index in [1.165, 1.54) is 24.4 Å². The number of benzene rings is 1. The largest absolute Gasteiger partial charge is 0.383 e. The van der Waals surface area contributed by atoms with Gasteiger partial charge in [0.15, 0.2) is 5.78 Å². The zero-order valence-electron chi connectivity index (χ0n) is 9.27. The van der Waals surface area contributed by atoms with Gasteiger partial charge in [-0.3, -0.25) is 4.79 Å². The molecule has 4 heteroatoms. The number of ketones is 1. The molecule has 0 aliphatic carbocycles. The van der Waals surface area contributed by atoms with E-state index in [1.807, 2.05) is 0 Å². The van der Waals surface area contributed by atoms with Crippen molar-refractivity contribution in [2.24, 2.45) is 0 Å². The number of nitrogen functional groups attached to an aromatic ring is 1. The topological polar surface area (TPSA) is 56.0 Å². The fraction of sp³-hybridized carbons (Fsp3) is 0.0769. The molecule has 0 aliphatic rings.